The average Bonchev–Trinajstić information content (AvgIpc) is 2.81. The van der Waals surface area contributed by atoms with E-state index >= 15 is 0 Å². The van der Waals surface area contributed by atoms with Crippen molar-refractivity contribution in [1.82, 2.24) is 5.32 Å². The van der Waals surface area contributed by atoms with Crippen LogP contribution in [0.3, 0.4) is 0 Å². The fourth-order valence-electron chi connectivity index (χ4n) is 3.33. The summed E-state index contributed by atoms with van der Waals surface area (Å²) in [4.78, 5) is 27.5. The van der Waals surface area contributed by atoms with E-state index in [9.17, 15) is 9.59 Å². The third kappa shape index (κ3) is 5.29. The number of rotatable bonds is 9. The number of hydrogen-bond acceptors (Lipinski definition) is 5. The number of benzene rings is 2. The van der Waals surface area contributed by atoms with Crippen molar-refractivity contribution in [3.8, 4) is 17.2 Å². The van der Waals surface area contributed by atoms with Crippen molar-refractivity contribution in [1.29, 1.82) is 0 Å². The van der Waals surface area contributed by atoms with E-state index in [-0.39, 0.29) is 18.4 Å². The molecule has 0 saturated carbocycles. The summed E-state index contributed by atoms with van der Waals surface area (Å²) >= 11 is 0. The topological polar surface area (TPSA) is 77.1 Å². The molecule has 1 aliphatic rings. The summed E-state index contributed by atoms with van der Waals surface area (Å²) in [6, 6.07) is 12.4. The summed E-state index contributed by atoms with van der Waals surface area (Å²) in [6.07, 6.45) is 2.02. The van der Waals surface area contributed by atoms with Crippen LogP contribution in [0.5, 0.6) is 17.2 Å². The van der Waals surface area contributed by atoms with Gasteiger partial charge in [0.15, 0.2) is 17.6 Å². The highest BCUT2D eigenvalue weighted by molar-refractivity contribution is 6.08. The molecule has 0 saturated heterocycles. The first-order valence-corrected chi connectivity index (χ1v) is 10.7. The van der Waals surface area contributed by atoms with Crippen LogP contribution in [0.25, 0.3) is 0 Å². The van der Waals surface area contributed by atoms with E-state index in [1.54, 1.807) is 36.3 Å². The Kier molecular flexibility index (Phi) is 7.76. The highest BCUT2D eigenvalue weighted by Gasteiger charge is 2.34. The number of anilines is 1. The maximum Gasteiger partial charge on any atom is 0.262 e. The van der Waals surface area contributed by atoms with Crippen LogP contribution < -0.4 is 24.4 Å². The molecule has 0 unspecified atom stereocenters. The van der Waals surface area contributed by atoms with Crippen LogP contribution >= 0.6 is 0 Å². The molecule has 0 radical (unpaired) electrons. The van der Waals surface area contributed by atoms with Crippen LogP contribution in [0.2, 0.25) is 0 Å². The number of para-hydroxylation sites is 2. The number of hydrogen-bond donors (Lipinski definition) is 1. The second kappa shape index (κ2) is 10.7. The lowest BCUT2D eigenvalue weighted by molar-refractivity contribution is -0.127. The maximum atomic E-state index is 13.4. The second-order valence-corrected chi connectivity index (χ2v) is 7.35. The van der Waals surface area contributed by atoms with Gasteiger partial charge in [0.2, 0.25) is 0 Å². The van der Waals surface area contributed by atoms with Gasteiger partial charge in [-0.1, -0.05) is 32.4 Å². The lowest BCUT2D eigenvalue weighted by atomic mass is 10.1. The summed E-state index contributed by atoms with van der Waals surface area (Å²) < 4.78 is 17.1. The molecule has 2 amide bonds. The number of ether oxygens (including phenoxy) is 3. The van der Waals surface area contributed by atoms with Crippen LogP contribution in [0, 0.1) is 0 Å². The first-order valence-electron chi connectivity index (χ1n) is 10.7. The number of unbranched alkanes of at least 4 members (excludes halogenated alkanes) is 1. The number of nitrogens with zero attached hydrogens (tertiary/aromatic N) is 1. The van der Waals surface area contributed by atoms with E-state index in [4.69, 9.17) is 14.2 Å². The molecule has 31 heavy (non-hydrogen) atoms. The number of carbonyl (C=O) groups is 2. The molecule has 1 atom stereocenters. The van der Waals surface area contributed by atoms with Crippen LogP contribution in [-0.4, -0.2) is 44.7 Å². The quantitative estimate of drug-likeness (QED) is 0.617. The van der Waals surface area contributed by atoms with Gasteiger partial charge in [-0.2, -0.15) is 0 Å². The monoisotopic (exact) mass is 426 g/mol. The molecule has 1 N–H and O–H groups in total. The Morgan fingerprint density at radius 1 is 1.13 bits per heavy atom. The Morgan fingerprint density at radius 3 is 2.68 bits per heavy atom. The minimum atomic E-state index is -0.774. The number of amides is 2. The highest BCUT2D eigenvalue weighted by Crippen LogP contribution is 2.35. The van der Waals surface area contributed by atoms with Crippen molar-refractivity contribution in [3.05, 3.63) is 48.0 Å². The highest BCUT2D eigenvalue weighted by atomic mass is 16.5. The van der Waals surface area contributed by atoms with Crippen molar-refractivity contribution in [2.75, 3.05) is 31.7 Å². The predicted molar refractivity (Wildman–Crippen MR) is 119 cm³/mol. The van der Waals surface area contributed by atoms with E-state index in [0.29, 0.717) is 41.7 Å². The molecule has 0 spiro atoms. The van der Waals surface area contributed by atoms with Crippen LogP contribution in [-0.2, 0) is 4.79 Å². The van der Waals surface area contributed by atoms with Gasteiger partial charge in [0.1, 0.15) is 5.75 Å². The molecule has 0 fully saturated rings. The van der Waals surface area contributed by atoms with Crippen LogP contribution in [0.1, 0.15) is 43.5 Å². The Morgan fingerprint density at radius 2 is 1.94 bits per heavy atom. The Hall–Kier alpha value is -3.22. The minimum Gasteiger partial charge on any atom is -0.493 e. The second-order valence-electron chi connectivity index (χ2n) is 7.35. The molecule has 7 heteroatoms. The third-order valence-corrected chi connectivity index (χ3v) is 5.03. The molecule has 166 valence electrons. The molecule has 1 aliphatic heterocycles. The largest absolute Gasteiger partial charge is 0.493 e. The average molecular weight is 427 g/mol. The lowest BCUT2D eigenvalue weighted by Gasteiger charge is -2.34. The Bertz CT molecular complexity index is 915. The summed E-state index contributed by atoms with van der Waals surface area (Å²) in [5.41, 5.74) is 1.08. The molecule has 2 aromatic carbocycles. The molecule has 2 aromatic rings. The van der Waals surface area contributed by atoms with Gasteiger partial charge in [0, 0.05) is 12.1 Å². The van der Waals surface area contributed by atoms with Gasteiger partial charge in [-0.05, 0) is 43.2 Å². The number of fused-ring (bicyclic) bond motifs is 1. The van der Waals surface area contributed by atoms with Crippen molar-refractivity contribution in [2.24, 2.45) is 0 Å². The molecule has 0 bridgehead atoms. The van der Waals surface area contributed by atoms with E-state index in [1.165, 1.54) is 0 Å². The minimum absolute atomic E-state index is 0.127. The summed E-state index contributed by atoms with van der Waals surface area (Å²) in [6.45, 7) is 5.35. The maximum absolute atomic E-state index is 13.4. The van der Waals surface area contributed by atoms with Gasteiger partial charge < -0.3 is 24.4 Å². The van der Waals surface area contributed by atoms with Gasteiger partial charge in [-0.15, -0.1) is 0 Å². The Balaban J connectivity index is 1.86. The van der Waals surface area contributed by atoms with Crippen molar-refractivity contribution in [3.63, 3.8) is 0 Å². The zero-order chi connectivity index (χ0) is 22.2. The Labute approximate surface area is 183 Å². The smallest absolute Gasteiger partial charge is 0.262 e. The standard InChI is InChI=1S/C24H30N2O5/c1-4-6-14-30-20-12-11-17(15-21(20)29-3)24(28)26-16-22(23(27)25-13-5-2)31-19-10-8-7-9-18(19)26/h7-12,15,22H,4-6,13-14,16H2,1-3H3,(H,25,27)/t22-/m0/s1. The summed E-state index contributed by atoms with van der Waals surface area (Å²) in [5.74, 6) is 1.14. The van der Waals surface area contributed by atoms with Crippen molar-refractivity contribution >= 4 is 17.5 Å². The van der Waals surface area contributed by atoms with E-state index in [2.05, 4.69) is 12.2 Å². The predicted octanol–water partition coefficient (Wildman–Crippen LogP) is 3.81. The summed E-state index contributed by atoms with van der Waals surface area (Å²) in [7, 11) is 1.55. The van der Waals surface area contributed by atoms with Gasteiger partial charge >= 0.3 is 0 Å². The van der Waals surface area contributed by atoms with E-state index in [1.807, 2.05) is 25.1 Å². The van der Waals surface area contributed by atoms with E-state index in [0.717, 1.165) is 19.3 Å². The third-order valence-electron chi connectivity index (χ3n) is 5.03. The molecular formula is C24H30N2O5. The first kappa shape index (κ1) is 22.5. The number of carbonyl (C=O) groups excluding carboxylic acids is 2. The molecule has 0 aliphatic carbocycles. The number of methoxy groups -OCH3 is 1. The fourth-order valence-corrected chi connectivity index (χ4v) is 3.33. The normalized spacial score (nSPS) is 14.9. The van der Waals surface area contributed by atoms with Gasteiger partial charge in [0.05, 0.1) is 25.9 Å². The fraction of sp³-hybridized carbons (Fsp3) is 0.417. The molecular weight excluding hydrogens is 396 g/mol. The van der Waals surface area contributed by atoms with Gasteiger partial charge in [0.25, 0.3) is 11.8 Å². The molecule has 3 rings (SSSR count). The molecule has 1 heterocycles. The molecule has 7 nitrogen and oxygen atoms in total. The molecule has 0 aromatic heterocycles. The zero-order valence-corrected chi connectivity index (χ0v) is 18.3. The van der Waals surface area contributed by atoms with E-state index < -0.39 is 6.10 Å². The first-order chi connectivity index (χ1) is 15.1. The zero-order valence-electron chi connectivity index (χ0n) is 18.3. The summed E-state index contributed by atoms with van der Waals surface area (Å²) in [5, 5.41) is 2.84. The SMILES string of the molecule is CCCCOc1ccc(C(=O)N2C[C@@H](C(=O)NCCC)Oc3ccccc32)cc1OC. The van der Waals surface area contributed by atoms with Crippen LogP contribution in [0.15, 0.2) is 42.5 Å². The van der Waals surface area contributed by atoms with Crippen molar-refractivity contribution < 1.29 is 23.8 Å². The number of nitrogens with one attached hydrogen (secondary N) is 1. The van der Waals surface area contributed by atoms with Gasteiger partial charge in [-0.3, -0.25) is 9.59 Å². The van der Waals surface area contributed by atoms with Crippen molar-refractivity contribution in [2.45, 2.75) is 39.2 Å². The lowest BCUT2D eigenvalue weighted by Crippen LogP contribution is -2.50. The van der Waals surface area contributed by atoms with Gasteiger partial charge in [-0.25, -0.2) is 0 Å². The van der Waals surface area contributed by atoms with Crippen LogP contribution in [0.4, 0.5) is 5.69 Å².